The average Bonchev–Trinajstić information content (AvgIpc) is 2.90. The minimum Gasteiger partial charge on any atom is -0.293 e. The third kappa shape index (κ3) is 3.21. The summed E-state index contributed by atoms with van der Waals surface area (Å²) in [5.41, 5.74) is 5.50. The van der Waals surface area contributed by atoms with Crippen LogP contribution in [0.25, 0.3) is 33.5 Å². The number of hydrogen-bond acceptors (Lipinski definition) is 5. The first-order chi connectivity index (χ1) is 17.0. The first-order valence-electron chi connectivity index (χ1n) is 12.0. The maximum Gasteiger partial charge on any atom is 0.176 e. The van der Waals surface area contributed by atoms with Crippen molar-refractivity contribution < 1.29 is 4.79 Å². The van der Waals surface area contributed by atoms with E-state index in [1.807, 2.05) is 61.5 Å². The zero-order valence-corrected chi connectivity index (χ0v) is 19.7. The predicted molar refractivity (Wildman–Crippen MR) is 135 cm³/mol. The summed E-state index contributed by atoms with van der Waals surface area (Å²) < 4.78 is 0. The molecule has 35 heavy (non-hydrogen) atoms. The maximum atomic E-state index is 12.9. The summed E-state index contributed by atoms with van der Waals surface area (Å²) >= 11 is 0. The van der Waals surface area contributed by atoms with Crippen LogP contribution < -0.4 is 0 Å². The molecule has 4 aromatic rings. The Hall–Kier alpha value is -4.17. The second kappa shape index (κ2) is 7.95. The number of fused-ring (bicyclic) bond motifs is 4. The summed E-state index contributed by atoms with van der Waals surface area (Å²) in [6, 6.07) is 22.3. The molecule has 0 amide bonds. The molecule has 2 aliphatic carbocycles. The van der Waals surface area contributed by atoms with E-state index in [1.54, 1.807) is 6.20 Å². The van der Waals surface area contributed by atoms with E-state index >= 15 is 0 Å². The van der Waals surface area contributed by atoms with Crippen molar-refractivity contribution in [1.29, 1.82) is 5.26 Å². The van der Waals surface area contributed by atoms with Crippen LogP contribution in [-0.4, -0.2) is 20.7 Å². The van der Waals surface area contributed by atoms with Crippen LogP contribution in [-0.2, 0) is 16.6 Å². The van der Waals surface area contributed by atoms with Gasteiger partial charge in [-0.1, -0.05) is 68.5 Å². The number of carbonyl (C=O) groups is 1. The van der Waals surface area contributed by atoms with E-state index in [0.29, 0.717) is 5.82 Å². The number of allylic oxidation sites excluding steroid dienone is 2. The van der Waals surface area contributed by atoms with Crippen molar-refractivity contribution in [3.05, 3.63) is 89.8 Å². The van der Waals surface area contributed by atoms with Crippen molar-refractivity contribution in [1.82, 2.24) is 15.0 Å². The number of ketones is 1. The Balaban J connectivity index is 1.68. The van der Waals surface area contributed by atoms with Crippen LogP contribution in [0.4, 0.5) is 0 Å². The van der Waals surface area contributed by atoms with Gasteiger partial charge in [-0.25, -0.2) is 9.97 Å². The Bertz CT molecular complexity index is 1560. The molecule has 0 unspecified atom stereocenters. The first kappa shape index (κ1) is 21.4. The Kier molecular flexibility index (Phi) is 4.86. The molecule has 5 nitrogen and oxygen atoms in total. The van der Waals surface area contributed by atoms with Gasteiger partial charge >= 0.3 is 0 Å². The van der Waals surface area contributed by atoms with Crippen LogP contribution in [0.2, 0.25) is 0 Å². The molecule has 0 aliphatic heterocycles. The van der Waals surface area contributed by atoms with Crippen LogP contribution in [0.1, 0.15) is 31.5 Å². The van der Waals surface area contributed by atoms with Gasteiger partial charge in [0, 0.05) is 39.6 Å². The van der Waals surface area contributed by atoms with Crippen molar-refractivity contribution >= 4 is 16.7 Å². The van der Waals surface area contributed by atoms with Crippen LogP contribution in [0, 0.1) is 23.2 Å². The number of Topliss-reactive ketones (excluding diaryl/α,β-unsaturated/α-hetero) is 1. The molecular weight excluding hydrogens is 432 g/mol. The van der Waals surface area contributed by atoms with Gasteiger partial charge in [-0.05, 0) is 30.9 Å². The second-order valence-electron chi connectivity index (χ2n) is 9.72. The number of benzene rings is 2. The summed E-state index contributed by atoms with van der Waals surface area (Å²) in [6.45, 7) is 4.09. The number of nitriles is 1. The highest BCUT2D eigenvalue weighted by atomic mass is 16.1. The predicted octanol–water partition coefficient (Wildman–Crippen LogP) is 5.85. The van der Waals surface area contributed by atoms with Crippen molar-refractivity contribution in [2.45, 2.75) is 32.1 Å². The van der Waals surface area contributed by atoms with Crippen LogP contribution in [0.3, 0.4) is 0 Å². The highest BCUT2D eigenvalue weighted by Gasteiger charge is 2.49. The minimum atomic E-state index is -0.532. The van der Waals surface area contributed by atoms with E-state index in [2.05, 4.69) is 30.1 Å². The highest BCUT2D eigenvalue weighted by Crippen LogP contribution is 2.51. The largest absolute Gasteiger partial charge is 0.293 e. The first-order valence-corrected chi connectivity index (χ1v) is 12.0. The average molecular weight is 457 g/mol. The summed E-state index contributed by atoms with van der Waals surface area (Å²) in [7, 11) is 0. The molecule has 0 saturated heterocycles. The van der Waals surface area contributed by atoms with Crippen molar-refractivity contribution in [2.24, 2.45) is 11.8 Å². The lowest BCUT2D eigenvalue weighted by Crippen LogP contribution is -2.46. The molecule has 0 N–H and O–H groups in total. The number of carbonyl (C=O) groups excluding carboxylic acids is 1. The number of pyridine rings is 1. The van der Waals surface area contributed by atoms with Gasteiger partial charge in [0.25, 0.3) is 0 Å². The Morgan fingerprint density at radius 2 is 1.80 bits per heavy atom. The van der Waals surface area contributed by atoms with E-state index < -0.39 is 5.41 Å². The summed E-state index contributed by atoms with van der Waals surface area (Å²) in [6.07, 6.45) is 5.31. The fraction of sp³-hybridized carbons (Fsp3) is 0.233. The molecule has 0 bridgehead atoms. The lowest BCUT2D eigenvalue weighted by Gasteiger charge is -2.45. The number of para-hydroxylation sites is 1. The SMILES string of the molecule is C[C@H]1C(=O)C(C#N)=C[C@@]2(C)c3nc(-c4ccnc5ccccc45)nc(-c4ccccc4)c3CC[C@H]12. The summed E-state index contributed by atoms with van der Waals surface area (Å²) in [5.74, 6) is 0.434. The molecule has 0 saturated carbocycles. The molecule has 0 radical (unpaired) electrons. The quantitative estimate of drug-likeness (QED) is 0.378. The van der Waals surface area contributed by atoms with Gasteiger partial charge in [-0.15, -0.1) is 0 Å². The molecule has 5 heteroatoms. The van der Waals surface area contributed by atoms with Crippen LogP contribution >= 0.6 is 0 Å². The van der Waals surface area contributed by atoms with E-state index in [1.165, 1.54) is 0 Å². The second-order valence-corrected chi connectivity index (χ2v) is 9.72. The molecule has 3 atom stereocenters. The molecule has 0 spiro atoms. The van der Waals surface area contributed by atoms with E-state index in [4.69, 9.17) is 9.97 Å². The Morgan fingerprint density at radius 1 is 1.03 bits per heavy atom. The van der Waals surface area contributed by atoms with E-state index in [9.17, 15) is 10.1 Å². The number of nitrogens with zero attached hydrogens (tertiary/aromatic N) is 4. The van der Waals surface area contributed by atoms with Crippen molar-refractivity contribution in [2.75, 3.05) is 0 Å². The van der Waals surface area contributed by atoms with Crippen molar-refractivity contribution in [3.63, 3.8) is 0 Å². The summed E-state index contributed by atoms with van der Waals surface area (Å²) in [5, 5.41) is 10.7. The fourth-order valence-electron chi connectivity index (χ4n) is 6.02. The van der Waals surface area contributed by atoms with Gasteiger partial charge in [-0.3, -0.25) is 9.78 Å². The molecule has 2 aliphatic rings. The van der Waals surface area contributed by atoms with Gasteiger partial charge in [0.05, 0.1) is 22.5 Å². The van der Waals surface area contributed by atoms with Gasteiger partial charge < -0.3 is 0 Å². The smallest absolute Gasteiger partial charge is 0.176 e. The molecular formula is C30H24N4O. The van der Waals surface area contributed by atoms with Gasteiger partial charge in [0.2, 0.25) is 0 Å². The molecule has 6 rings (SSSR count). The lowest BCUT2D eigenvalue weighted by atomic mass is 9.57. The number of aromatic nitrogens is 3. The van der Waals surface area contributed by atoms with Crippen LogP contribution in [0.5, 0.6) is 0 Å². The number of rotatable bonds is 2. The standard InChI is InChI=1S/C30H24N4O/c1-18-24-13-12-23-26(19-8-4-3-5-9-19)33-29(22-14-15-32-25-11-7-6-10-21(22)25)34-28(23)30(24,2)16-20(17-31)27(18)35/h3-11,14-16,18,24H,12-13H2,1-2H3/t18-,24-,30-/m1/s1. The molecule has 170 valence electrons. The number of hydrogen-bond donors (Lipinski definition) is 0. The molecule has 2 aromatic heterocycles. The fourth-order valence-corrected chi connectivity index (χ4v) is 6.02. The Labute approximate surface area is 204 Å². The topological polar surface area (TPSA) is 79.5 Å². The van der Waals surface area contributed by atoms with Gasteiger partial charge in [-0.2, -0.15) is 5.26 Å². The minimum absolute atomic E-state index is 0.0592. The third-order valence-corrected chi connectivity index (χ3v) is 7.78. The highest BCUT2D eigenvalue weighted by molar-refractivity contribution is 6.02. The molecule has 2 aromatic carbocycles. The van der Waals surface area contributed by atoms with E-state index in [0.717, 1.165) is 51.8 Å². The normalized spacial score (nSPS) is 23.2. The van der Waals surface area contributed by atoms with Gasteiger partial charge in [0.15, 0.2) is 11.6 Å². The van der Waals surface area contributed by atoms with Gasteiger partial charge in [0.1, 0.15) is 6.07 Å². The van der Waals surface area contributed by atoms with E-state index in [-0.39, 0.29) is 23.2 Å². The molecule has 2 heterocycles. The third-order valence-electron chi connectivity index (χ3n) is 7.78. The Morgan fingerprint density at radius 3 is 2.60 bits per heavy atom. The zero-order valence-electron chi connectivity index (χ0n) is 19.7. The zero-order chi connectivity index (χ0) is 24.2. The maximum absolute atomic E-state index is 12.9. The lowest BCUT2D eigenvalue weighted by molar-refractivity contribution is -0.121. The van der Waals surface area contributed by atoms with Crippen molar-refractivity contribution in [3.8, 4) is 28.7 Å². The van der Waals surface area contributed by atoms with Crippen LogP contribution in [0.15, 0.2) is 78.5 Å². The monoisotopic (exact) mass is 456 g/mol. The summed E-state index contributed by atoms with van der Waals surface area (Å²) in [4.78, 5) is 27.7. The molecule has 0 fully saturated rings.